The molecule has 0 saturated carbocycles. The fourth-order valence-electron chi connectivity index (χ4n) is 3.55. The molecule has 3 nitrogen and oxygen atoms in total. The molecule has 140 valence electrons. The van der Waals surface area contributed by atoms with Crippen LogP contribution in [0.4, 0.5) is 5.69 Å². The summed E-state index contributed by atoms with van der Waals surface area (Å²) in [6.45, 7) is 15.8. The Morgan fingerprint density at radius 3 is 2.00 bits per heavy atom. The molecule has 1 aromatic carbocycles. The fourth-order valence-corrected chi connectivity index (χ4v) is 3.55. The van der Waals surface area contributed by atoms with Gasteiger partial charge in [0.1, 0.15) is 0 Å². The van der Waals surface area contributed by atoms with E-state index in [-0.39, 0.29) is 24.8 Å². The van der Waals surface area contributed by atoms with E-state index < -0.39 is 0 Å². The summed E-state index contributed by atoms with van der Waals surface area (Å²) in [5, 5.41) is 3.47. The monoisotopic (exact) mass is 375 g/mol. The quantitative estimate of drug-likeness (QED) is 0.762. The van der Waals surface area contributed by atoms with E-state index in [2.05, 4.69) is 67.1 Å². The van der Waals surface area contributed by atoms with E-state index in [4.69, 9.17) is 0 Å². The Morgan fingerprint density at radius 1 is 1.00 bits per heavy atom. The van der Waals surface area contributed by atoms with Crippen molar-refractivity contribution >= 4 is 30.5 Å². The molecule has 0 radical (unpaired) electrons. The molecule has 1 aliphatic heterocycles. The standard InChI is InChI=1S/C19H33N3.2ClH/c1-5-16(4)19(22-14-12-20-13-15-22)17-8-10-18(11-9-17)21(6-2)7-3;;/h8-11,16,19-20H,5-7,12-15H2,1-4H3;2*1H/t16?,19-;;/m0../s1. The third-order valence-electron chi connectivity index (χ3n) is 5.09. The highest BCUT2D eigenvalue weighted by Gasteiger charge is 2.26. The van der Waals surface area contributed by atoms with Crippen molar-refractivity contribution in [1.82, 2.24) is 10.2 Å². The molecule has 1 aromatic rings. The minimum absolute atomic E-state index is 0. The summed E-state index contributed by atoms with van der Waals surface area (Å²) in [6.07, 6.45) is 1.23. The lowest BCUT2D eigenvalue weighted by atomic mass is 9.90. The van der Waals surface area contributed by atoms with E-state index >= 15 is 0 Å². The SMILES string of the molecule is CCC(C)[C@@H](c1ccc(N(CC)CC)cc1)N1CCNCC1.Cl.Cl. The second-order valence-electron chi connectivity index (χ2n) is 6.38. The summed E-state index contributed by atoms with van der Waals surface area (Å²) >= 11 is 0. The average Bonchev–Trinajstić information content (AvgIpc) is 2.58. The summed E-state index contributed by atoms with van der Waals surface area (Å²) in [6, 6.07) is 9.87. The molecule has 24 heavy (non-hydrogen) atoms. The Hall–Kier alpha value is -0.480. The number of anilines is 1. The maximum atomic E-state index is 3.47. The first kappa shape index (κ1) is 23.5. The summed E-state index contributed by atoms with van der Waals surface area (Å²) in [4.78, 5) is 5.07. The zero-order valence-corrected chi connectivity index (χ0v) is 17.3. The highest BCUT2D eigenvalue weighted by Crippen LogP contribution is 2.32. The summed E-state index contributed by atoms with van der Waals surface area (Å²) in [5.74, 6) is 0.692. The van der Waals surface area contributed by atoms with Gasteiger partial charge in [-0.25, -0.2) is 0 Å². The fraction of sp³-hybridized carbons (Fsp3) is 0.684. The number of nitrogens with zero attached hydrogens (tertiary/aromatic N) is 2. The van der Waals surface area contributed by atoms with Crippen molar-refractivity contribution in [1.29, 1.82) is 0 Å². The van der Waals surface area contributed by atoms with Gasteiger partial charge in [0, 0.05) is 51.0 Å². The average molecular weight is 376 g/mol. The van der Waals surface area contributed by atoms with Crippen LogP contribution in [0, 0.1) is 5.92 Å². The highest BCUT2D eigenvalue weighted by molar-refractivity contribution is 5.85. The van der Waals surface area contributed by atoms with Crippen molar-refractivity contribution in [2.45, 2.75) is 40.2 Å². The smallest absolute Gasteiger partial charge is 0.0374 e. The van der Waals surface area contributed by atoms with Crippen molar-refractivity contribution in [3.05, 3.63) is 29.8 Å². The largest absolute Gasteiger partial charge is 0.372 e. The molecule has 1 unspecified atom stereocenters. The Kier molecular flexibility index (Phi) is 11.7. The van der Waals surface area contributed by atoms with Gasteiger partial charge in [0.2, 0.25) is 0 Å². The molecule has 0 aliphatic carbocycles. The molecule has 2 rings (SSSR count). The van der Waals surface area contributed by atoms with Gasteiger partial charge in [-0.3, -0.25) is 4.90 Å². The van der Waals surface area contributed by atoms with Crippen molar-refractivity contribution in [3.8, 4) is 0 Å². The van der Waals surface area contributed by atoms with Gasteiger partial charge in [-0.2, -0.15) is 0 Å². The lowest BCUT2D eigenvalue weighted by Gasteiger charge is -2.38. The van der Waals surface area contributed by atoms with Crippen LogP contribution in [-0.4, -0.2) is 44.2 Å². The van der Waals surface area contributed by atoms with Crippen molar-refractivity contribution in [3.63, 3.8) is 0 Å². The lowest BCUT2D eigenvalue weighted by molar-refractivity contribution is 0.128. The molecule has 1 fully saturated rings. The van der Waals surface area contributed by atoms with Crippen LogP contribution < -0.4 is 10.2 Å². The first-order valence-electron chi connectivity index (χ1n) is 9.00. The molecular weight excluding hydrogens is 341 g/mol. The first-order chi connectivity index (χ1) is 10.7. The Morgan fingerprint density at radius 2 is 1.54 bits per heavy atom. The molecule has 0 bridgehead atoms. The second-order valence-corrected chi connectivity index (χ2v) is 6.38. The number of hydrogen-bond acceptors (Lipinski definition) is 3. The molecule has 2 atom stereocenters. The lowest BCUT2D eigenvalue weighted by Crippen LogP contribution is -2.46. The number of hydrogen-bond donors (Lipinski definition) is 1. The van der Waals surface area contributed by atoms with E-state index in [9.17, 15) is 0 Å². The zero-order chi connectivity index (χ0) is 15.9. The van der Waals surface area contributed by atoms with Gasteiger partial charge in [-0.1, -0.05) is 32.4 Å². The Labute approximate surface area is 161 Å². The second kappa shape index (κ2) is 12.0. The number of nitrogens with one attached hydrogen (secondary N) is 1. The van der Waals surface area contributed by atoms with E-state index in [1.54, 1.807) is 0 Å². The van der Waals surface area contributed by atoms with Crippen LogP contribution in [0.15, 0.2) is 24.3 Å². The van der Waals surface area contributed by atoms with Crippen LogP contribution in [0.1, 0.15) is 45.7 Å². The minimum Gasteiger partial charge on any atom is -0.372 e. The van der Waals surface area contributed by atoms with Gasteiger partial charge in [0.05, 0.1) is 0 Å². The van der Waals surface area contributed by atoms with Crippen LogP contribution in [-0.2, 0) is 0 Å². The minimum atomic E-state index is 0. The van der Waals surface area contributed by atoms with Gasteiger partial charge < -0.3 is 10.2 Å². The summed E-state index contributed by atoms with van der Waals surface area (Å²) < 4.78 is 0. The van der Waals surface area contributed by atoms with E-state index in [1.807, 2.05) is 0 Å². The van der Waals surface area contributed by atoms with Crippen LogP contribution in [0.5, 0.6) is 0 Å². The molecule has 0 spiro atoms. The normalized spacial score (nSPS) is 17.3. The number of halogens is 2. The molecule has 1 aliphatic rings. The molecular formula is C19H35Cl2N3. The molecule has 0 aromatic heterocycles. The van der Waals surface area contributed by atoms with Gasteiger partial charge >= 0.3 is 0 Å². The van der Waals surface area contributed by atoms with Crippen LogP contribution in [0.25, 0.3) is 0 Å². The Balaban J connectivity index is 0.00000264. The van der Waals surface area contributed by atoms with Crippen LogP contribution in [0.3, 0.4) is 0 Å². The molecule has 5 heteroatoms. The molecule has 0 amide bonds. The van der Waals surface area contributed by atoms with Crippen LogP contribution >= 0.6 is 24.8 Å². The maximum Gasteiger partial charge on any atom is 0.0374 e. The molecule has 1 saturated heterocycles. The predicted octanol–water partition coefficient (Wildman–Crippen LogP) is 4.37. The van der Waals surface area contributed by atoms with Crippen molar-refractivity contribution < 1.29 is 0 Å². The van der Waals surface area contributed by atoms with Crippen LogP contribution in [0.2, 0.25) is 0 Å². The number of benzene rings is 1. The van der Waals surface area contributed by atoms with Crippen molar-refractivity contribution in [2.24, 2.45) is 5.92 Å². The highest BCUT2D eigenvalue weighted by atomic mass is 35.5. The van der Waals surface area contributed by atoms with E-state index in [0.29, 0.717) is 12.0 Å². The van der Waals surface area contributed by atoms with Gasteiger partial charge in [-0.15, -0.1) is 24.8 Å². The third-order valence-corrected chi connectivity index (χ3v) is 5.09. The van der Waals surface area contributed by atoms with Crippen molar-refractivity contribution in [2.75, 3.05) is 44.2 Å². The Bertz CT molecular complexity index is 429. The predicted molar refractivity (Wildman–Crippen MR) is 111 cm³/mol. The maximum absolute atomic E-state index is 3.47. The van der Waals surface area contributed by atoms with E-state index in [1.165, 1.54) is 17.7 Å². The number of rotatable bonds is 7. The van der Waals surface area contributed by atoms with Gasteiger partial charge in [-0.05, 0) is 37.5 Å². The first-order valence-corrected chi connectivity index (χ1v) is 9.00. The summed E-state index contributed by atoms with van der Waals surface area (Å²) in [7, 11) is 0. The summed E-state index contributed by atoms with van der Waals surface area (Å²) in [5.41, 5.74) is 2.82. The number of piperazine rings is 1. The third kappa shape index (κ3) is 5.80. The van der Waals surface area contributed by atoms with Gasteiger partial charge in [0.15, 0.2) is 0 Å². The zero-order valence-electron chi connectivity index (χ0n) is 15.6. The van der Waals surface area contributed by atoms with E-state index in [0.717, 1.165) is 39.3 Å². The molecule has 1 N–H and O–H groups in total. The topological polar surface area (TPSA) is 18.5 Å². The molecule has 1 heterocycles. The van der Waals surface area contributed by atoms with Gasteiger partial charge in [0.25, 0.3) is 0 Å².